The first-order valence-corrected chi connectivity index (χ1v) is 8.42. The molecular formula is C14H24N2O4S. The topological polar surface area (TPSA) is 76.7 Å². The Morgan fingerprint density at radius 3 is 2.43 bits per heavy atom. The van der Waals surface area contributed by atoms with Gasteiger partial charge in [0, 0.05) is 19.7 Å². The average Bonchev–Trinajstić information content (AvgIpc) is 2.46. The molecule has 0 heterocycles. The second-order valence-electron chi connectivity index (χ2n) is 4.62. The third-order valence-electron chi connectivity index (χ3n) is 2.82. The van der Waals surface area contributed by atoms with Crippen molar-refractivity contribution in [1.29, 1.82) is 0 Å². The Bertz CT molecular complexity index is 502. The predicted octanol–water partition coefficient (Wildman–Crippen LogP) is 0.988. The molecule has 0 saturated heterocycles. The lowest BCUT2D eigenvalue weighted by Crippen LogP contribution is -2.38. The lowest BCUT2D eigenvalue weighted by atomic mass is 10.3. The molecule has 0 saturated carbocycles. The Labute approximate surface area is 126 Å². The fourth-order valence-electron chi connectivity index (χ4n) is 1.70. The van der Waals surface area contributed by atoms with E-state index in [1.165, 1.54) is 12.1 Å². The number of rotatable bonds is 10. The van der Waals surface area contributed by atoms with Crippen molar-refractivity contribution < 1.29 is 17.9 Å². The first-order chi connectivity index (χ1) is 9.99. The van der Waals surface area contributed by atoms with Crippen LogP contribution in [0.15, 0.2) is 29.2 Å². The van der Waals surface area contributed by atoms with Crippen molar-refractivity contribution in [2.75, 3.05) is 33.4 Å². The molecule has 0 aromatic heterocycles. The molecule has 0 aliphatic carbocycles. The molecule has 0 bridgehead atoms. The van der Waals surface area contributed by atoms with Crippen LogP contribution in [-0.2, 0) is 14.8 Å². The minimum Gasteiger partial charge on any atom is -0.491 e. The maximum Gasteiger partial charge on any atom is 0.240 e. The van der Waals surface area contributed by atoms with E-state index in [-0.39, 0.29) is 10.9 Å². The Balaban J connectivity index is 2.58. The zero-order valence-electron chi connectivity index (χ0n) is 12.8. The molecule has 1 aromatic carbocycles. The van der Waals surface area contributed by atoms with Crippen LogP contribution in [0.2, 0.25) is 0 Å². The van der Waals surface area contributed by atoms with Crippen molar-refractivity contribution >= 4 is 10.0 Å². The van der Waals surface area contributed by atoms with Gasteiger partial charge in [0.2, 0.25) is 10.0 Å². The van der Waals surface area contributed by atoms with E-state index in [4.69, 9.17) is 9.47 Å². The molecule has 0 aliphatic heterocycles. The summed E-state index contributed by atoms with van der Waals surface area (Å²) in [4.78, 5) is 0.227. The van der Waals surface area contributed by atoms with Gasteiger partial charge in [-0.25, -0.2) is 13.1 Å². The third-order valence-corrected chi connectivity index (χ3v) is 4.26. The van der Waals surface area contributed by atoms with Gasteiger partial charge in [0.15, 0.2) is 0 Å². The standard InChI is InChI=1S/C14H24N2O4S/c1-4-15-12(2)11-16-21(17,18)14-7-5-13(6-8-14)20-10-9-19-3/h5-8,12,15-16H,4,9-11H2,1-3H3/t12-/m1/s1. The monoisotopic (exact) mass is 316 g/mol. The molecule has 1 atom stereocenters. The van der Waals surface area contributed by atoms with Gasteiger partial charge in [-0.1, -0.05) is 6.92 Å². The van der Waals surface area contributed by atoms with Gasteiger partial charge in [-0.3, -0.25) is 0 Å². The number of hydrogen-bond donors (Lipinski definition) is 2. The highest BCUT2D eigenvalue weighted by Crippen LogP contribution is 2.15. The largest absolute Gasteiger partial charge is 0.491 e. The predicted molar refractivity (Wildman–Crippen MR) is 82.1 cm³/mol. The lowest BCUT2D eigenvalue weighted by molar-refractivity contribution is 0.146. The quantitative estimate of drug-likeness (QED) is 0.630. The summed E-state index contributed by atoms with van der Waals surface area (Å²) in [6.07, 6.45) is 0. The van der Waals surface area contributed by atoms with E-state index in [0.717, 1.165) is 6.54 Å². The second-order valence-corrected chi connectivity index (χ2v) is 6.39. The fourth-order valence-corrected chi connectivity index (χ4v) is 2.83. The van der Waals surface area contributed by atoms with Crippen LogP contribution >= 0.6 is 0 Å². The van der Waals surface area contributed by atoms with Crippen molar-refractivity contribution in [3.05, 3.63) is 24.3 Å². The SMILES string of the molecule is CCN[C@H](C)CNS(=O)(=O)c1ccc(OCCOC)cc1. The Kier molecular flexibility index (Phi) is 7.66. The first-order valence-electron chi connectivity index (χ1n) is 6.94. The van der Waals surface area contributed by atoms with Crippen LogP contribution in [0.5, 0.6) is 5.75 Å². The van der Waals surface area contributed by atoms with Crippen LogP contribution in [0.3, 0.4) is 0 Å². The number of likely N-dealkylation sites (N-methyl/N-ethyl adjacent to an activating group) is 1. The van der Waals surface area contributed by atoms with Crippen LogP contribution in [0.25, 0.3) is 0 Å². The molecule has 21 heavy (non-hydrogen) atoms. The van der Waals surface area contributed by atoms with E-state index < -0.39 is 10.0 Å². The van der Waals surface area contributed by atoms with Crippen LogP contribution in [0.4, 0.5) is 0 Å². The molecule has 120 valence electrons. The molecule has 1 rings (SSSR count). The van der Waals surface area contributed by atoms with Gasteiger partial charge in [0.1, 0.15) is 12.4 Å². The van der Waals surface area contributed by atoms with Gasteiger partial charge in [-0.05, 0) is 37.7 Å². The third kappa shape index (κ3) is 6.43. The first kappa shape index (κ1) is 17.9. The van der Waals surface area contributed by atoms with Gasteiger partial charge < -0.3 is 14.8 Å². The molecule has 6 nitrogen and oxygen atoms in total. The summed E-state index contributed by atoms with van der Waals surface area (Å²) >= 11 is 0. The van der Waals surface area contributed by atoms with Crippen LogP contribution < -0.4 is 14.8 Å². The van der Waals surface area contributed by atoms with Crippen molar-refractivity contribution in [2.45, 2.75) is 24.8 Å². The maximum absolute atomic E-state index is 12.1. The van der Waals surface area contributed by atoms with E-state index in [1.54, 1.807) is 19.2 Å². The van der Waals surface area contributed by atoms with Crippen molar-refractivity contribution in [2.24, 2.45) is 0 Å². The van der Waals surface area contributed by atoms with E-state index >= 15 is 0 Å². The minimum atomic E-state index is -3.49. The van der Waals surface area contributed by atoms with E-state index in [1.807, 2.05) is 13.8 Å². The number of ether oxygens (including phenoxy) is 2. The Morgan fingerprint density at radius 2 is 1.86 bits per heavy atom. The van der Waals surface area contributed by atoms with Crippen molar-refractivity contribution in [3.8, 4) is 5.75 Å². The van der Waals surface area contributed by atoms with E-state index in [2.05, 4.69) is 10.0 Å². The Hall–Kier alpha value is -1.15. The number of sulfonamides is 1. The van der Waals surface area contributed by atoms with E-state index in [0.29, 0.717) is 25.5 Å². The molecule has 0 spiro atoms. The van der Waals surface area contributed by atoms with Crippen molar-refractivity contribution in [1.82, 2.24) is 10.0 Å². The molecule has 0 unspecified atom stereocenters. The summed E-state index contributed by atoms with van der Waals surface area (Å²) in [6, 6.07) is 6.42. The zero-order valence-corrected chi connectivity index (χ0v) is 13.6. The summed E-state index contributed by atoms with van der Waals surface area (Å²) in [5.74, 6) is 0.618. The summed E-state index contributed by atoms with van der Waals surface area (Å²) in [6.45, 7) is 5.98. The van der Waals surface area contributed by atoms with Gasteiger partial charge in [-0.15, -0.1) is 0 Å². The summed E-state index contributed by atoms with van der Waals surface area (Å²) < 4.78 is 37.1. The molecule has 0 radical (unpaired) electrons. The minimum absolute atomic E-state index is 0.0847. The van der Waals surface area contributed by atoms with Crippen LogP contribution in [0.1, 0.15) is 13.8 Å². The molecule has 0 fully saturated rings. The highest BCUT2D eigenvalue weighted by molar-refractivity contribution is 7.89. The fraction of sp³-hybridized carbons (Fsp3) is 0.571. The average molecular weight is 316 g/mol. The number of benzene rings is 1. The summed E-state index contributed by atoms with van der Waals surface area (Å²) in [7, 11) is -1.89. The molecule has 2 N–H and O–H groups in total. The highest BCUT2D eigenvalue weighted by Gasteiger charge is 2.14. The maximum atomic E-state index is 12.1. The molecule has 1 aromatic rings. The summed E-state index contributed by atoms with van der Waals surface area (Å²) in [5, 5.41) is 3.15. The summed E-state index contributed by atoms with van der Waals surface area (Å²) in [5.41, 5.74) is 0. The van der Waals surface area contributed by atoms with Gasteiger partial charge >= 0.3 is 0 Å². The van der Waals surface area contributed by atoms with Crippen LogP contribution in [-0.4, -0.2) is 47.9 Å². The van der Waals surface area contributed by atoms with Gasteiger partial charge in [0.05, 0.1) is 11.5 Å². The highest BCUT2D eigenvalue weighted by atomic mass is 32.2. The van der Waals surface area contributed by atoms with Crippen LogP contribution in [0, 0.1) is 0 Å². The van der Waals surface area contributed by atoms with Gasteiger partial charge in [0.25, 0.3) is 0 Å². The molecular weight excluding hydrogens is 292 g/mol. The van der Waals surface area contributed by atoms with Crippen molar-refractivity contribution in [3.63, 3.8) is 0 Å². The smallest absolute Gasteiger partial charge is 0.240 e. The lowest BCUT2D eigenvalue weighted by Gasteiger charge is -2.13. The molecule has 0 aliphatic rings. The number of hydrogen-bond acceptors (Lipinski definition) is 5. The molecule has 0 amide bonds. The second kappa shape index (κ2) is 8.99. The van der Waals surface area contributed by atoms with Gasteiger partial charge in [-0.2, -0.15) is 0 Å². The number of methoxy groups -OCH3 is 1. The normalized spacial score (nSPS) is 13.1. The zero-order chi connectivity index (χ0) is 15.7. The Morgan fingerprint density at radius 1 is 1.19 bits per heavy atom. The molecule has 7 heteroatoms. The number of nitrogens with one attached hydrogen (secondary N) is 2. The van der Waals surface area contributed by atoms with E-state index in [9.17, 15) is 8.42 Å².